The van der Waals surface area contributed by atoms with E-state index in [1.54, 1.807) is 0 Å². The molecule has 1 saturated heterocycles. The first-order chi connectivity index (χ1) is 17.2. The third-order valence-electron chi connectivity index (χ3n) is 8.86. The Morgan fingerprint density at radius 1 is 0.833 bits per heavy atom. The van der Waals surface area contributed by atoms with E-state index in [1.807, 2.05) is 12.1 Å². The Morgan fingerprint density at radius 3 is 2.44 bits per heavy atom. The Morgan fingerprint density at radius 2 is 1.58 bits per heavy atom. The van der Waals surface area contributed by atoms with Gasteiger partial charge in [-0.25, -0.2) is 0 Å². The molecule has 3 aromatic carbocycles. The fourth-order valence-corrected chi connectivity index (χ4v) is 7.07. The zero-order valence-corrected chi connectivity index (χ0v) is 21.8. The van der Waals surface area contributed by atoms with Gasteiger partial charge in [0.15, 0.2) is 5.78 Å². The molecule has 6 rings (SSSR count). The number of carbonyl (C=O) groups excluding carboxylic acids is 1. The second-order valence-electron chi connectivity index (χ2n) is 10.7. The molecule has 2 unspecified atom stereocenters. The summed E-state index contributed by atoms with van der Waals surface area (Å²) in [5.41, 5.74) is 5.79. The monoisotopic (exact) mass is 501 g/mol. The Balaban J connectivity index is 0.00000267. The Kier molecular flexibility index (Phi) is 7.35. The van der Waals surface area contributed by atoms with E-state index in [0.717, 1.165) is 57.2 Å². The summed E-state index contributed by atoms with van der Waals surface area (Å²) in [5.74, 6) is 0.364. The quantitative estimate of drug-likeness (QED) is 0.387. The number of likely N-dealkylation sites (tertiary alicyclic amines) is 1. The van der Waals surface area contributed by atoms with E-state index in [4.69, 9.17) is 4.74 Å². The number of hydrogen-bond donors (Lipinski definition) is 0. The van der Waals surface area contributed by atoms with Gasteiger partial charge in [0.25, 0.3) is 0 Å². The molecule has 2 atom stereocenters. The maximum absolute atomic E-state index is 13.9. The summed E-state index contributed by atoms with van der Waals surface area (Å²) in [5, 5.41) is 0. The lowest BCUT2D eigenvalue weighted by Crippen LogP contribution is -2.59. The van der Waals surface area contributed by atoms with Crippen LogP contribution in [0.25, 0.3) is 0 Å². The van der Waals surface area contributed by atoms with Crippen molar-refractivity contribution in [3.05, 3.63) is 107 Å². The normalized spacial score (nSPS) is 25.6. The first kappa shape index (κ1) is 25.2. The van der Waals surface area contributed by atoms with Crippen LogP contribution in [0.5, 0.6) is 0 Å². The summed E-state index contributed by atoms with van der Waals surface area (Å²) in [7, 11) is 0. The minimum atomic E-state index is -0.312. The predicted octanol–water partition coefficient (Wildman–Crippen LogP) is 6.76. The zero-order chi connectivity index (χ0) is 23.7. The minimum absolute atomic E-state index is 0. The van der Waals surface area contributed by atoms with Crippen molar-refractivity contribution in [2.75, 3.05) is 19.7 Å². The molecule has 0 bridgehead atoms. The molecule has 3 aliphatic rings. The topological polar surface area (TPSA) is 29.5 Å². The SMILES string of the molecule is Cl.O=C1c2ccccc2CCC12CCCCN2CCCC1(c2ccccc2)COCc2ccccc21. The zero-order valence-electron chi connectivity index (χ0n) is 21.0. The van der Waals surface area contributed by atoms with Gasteiger partial charge in [0.1, 0.15) is 0 Å². The van der Waals surface area contributed by atoms with Crippen molar-refractivity contribution in [1.29, 1.82) is 0 Å². The van der Waals surface area contributed by atoms with Crippen LogP contribution in [0.15, 0.2) is 78.9 Å². The van der Waals surface area contributed by atoms with Crippen molar-refractivity contribution >= 4 is 18.2 Å². The summed E-state index contributed by atoms with van der Waals surface area (Å²) in [6.45, 7) is 3.39. The third kappa shape index (κ3) is 4.22. The van der Waals surface area contributed by atoms with Crippen LogP contribution in [0.4, 0.5) is 0 Å². The molecule has 0 amide bonds. The summed E-state index contributed by atoms with van der Waals surface area (Å²) in [4.78, 5) is 16.4. The molecule has 3 aromatic rings. The molecule has 1 aliphatic carbocycles. The van der Waals surface area contributed by atoms with Crippen molar-refractivity contribution in [3.63, 3.8) is 0 Å². The molecule has 0 aromatic heterocycles. The molecule has 0 saturated carbocycles. The van der Waals surface area contributed by atoms with Crippen LogP contribution in [-0.2, 0) is 23.2 Å². The molecular weight excluding hydrogens is 466 g/mol. The molecule has 1 fully saturated rings. The number of rotatable bonds is 5. The summed E-state index contributed by atoms with van der Waals surface area (Å²) in [6, 6.07) is 28.0. The van der Waals surface area contributed by atoms with Gasteiger partial charge < -0.3 is 4.74 Å². The number of Topliss-reactive ketones (excluding diaryl/α,β-unsaturated/α-hetero) is 1. The largest absolute Gasteiger partial charge is 0.375 e. The first-order valence-electron chi connectivity index (χ1n) is 13.3. The van der Waals surface area contributed by atoms with Crippen LogP contribution in [0.2, 0.25) is 0 Å². The fourth-order valence-electron chi connectivity index (χ4n) is 7.07. The highest BCUT2D eigenvalue weighted by atomic mass is 35.5. The fraction of sp³-hybridized carbons (Fsp3) is 0.406. The lowest BCUT2D eigenvalue weighted by molar-refractivity contribution is 0.0249. The van der Waals surface area contributed by atoms with E-state index in [2.05, 4.69) is 71.6 Å². The van der Waals surface area contributed by atoms with Gasteiger partial charge in [-0.3, -0.25) is 9.69 Å². The molecule has 2 aliphatic heterocycles. The Labute approximate surface area is 221 Å². The standard InChI is InChI=1S/C32H35NO2.ClH/c34-30-28-15-6-4-11-25(28)17-20-32(30)19-8-9-21-33(32)22-10-18-31(27-13-2-1-3-14-27)24-35-23-26-12-5-7-16-29(26)31;/h1-7,11-16H,8-10,17-24H2;1H. The molecule has 1 spiro atoms. The lowest BCUT2D eigenvalue weighted by Gasteiger charge is -2.49. The van der Waals surface area contributed by atoms with E-state index < -0.39 is 0 Å². The van der Waals surface area contributed by atoms with E-state index in [-0.39, 0.29) is 23.4 Å². The van der Waals surface area contributed by atoms with Gasteiger partial charge in [-0.1, -0.05) is 78.9 Å². The van der Waals surface area contributed by atoms with Gasteiger partial charge in [-0.2, -0.15) is 0 Å². The molecule has 0 N–H and O–H groups in total. The van der Waals surface area contributed by atoms with Crippen molar-refractivity contribution in [1.82, 2.24) is 4.90 Å². The highest BCUT2D eigenvalue weighted by Crippen LogP contribution is 2.44. The van der Waals surface area contributed by atoms with E-state index in [1.165, 1.54) is 28.7 Å². The predicted molar refractivity (Wildman–Crippen MR) is 147 cm³/mol. The number of carbonyl (C=O) groups is 1. The van der Waals surface area contributed by atoms with Crippen LogP contribution >= 0.6 is 12.4 Å². The molecule has 3 nitrogen and oxygen atoms in total. The van der Waals surface area contributed by atoms with E-state index in [0.29, 0.717) is 19.0 Å². The molecule has 2 heterocycles. The summed E-state index contributed by atoms with van der Waals surface area (Å²) < 4.78 is 6.21. The number of piperidine rings is 1. The molecule has 4 heteroatoms. The summed E-state index contributed by atoms with van der Waals surface area (Å²) >= 11 is 0. The maximum atomic E-state index is 13.9. The molecule has 188 valence electrons. The van der Waals surface area contributed by atoms with Crippen molar-refractivity contribution < 1.29 is 9.53 Å². The minimum Gasteiger partial charge on any atom is -0.375 e. The van der Waals surface area contributed by atoms with Gasteiger partial charge in [0.05, 0.1) is 18.8 Å². The molecular formula is C32H36ClNO2. The van der Waals surface area contributed by atoms with Gasteiger partial charge in [0, 0.05) is 11.0 Å². The average Bonchev–Trinajstić information content (AvgIpc) is 2.92. The van der Waals surface area contributed by atoms with Crippen LogP contribution in [0, 0.1) is 0 Å². The van der Waals surface area contributed by atoms with Crippen molar-refractivity contribution in [2.45, 2.75) is 62.5 Å². The second kappa shape index (κ2) is 10.5. The van der Waals surface area contributed by atoms with Crippen molar-refractivity contribution in [3.8, 4) is 0 Å². The Hall–Kier alpha value is -2.46. The van der Waals surface area contributed by atoms with Crippen LogP contribution in [-0.4, -0.2) is 35.9 Å². The van der Waals surface area contributed by atoms with Gasteiger partial charge >= 0.3 is 0 Å². The van der Waals surface area contributed by atoms with Crippen LogP contribution in [0.3, 0.4) is 0 Å². The van der Waals surface area contributed by atoms with Gasteiger partial charge in [0.2, 0.25) is 0 Å². The number of benzene rings is 3. The lowest BCUT2D eigenvalue weighted by atomic mass is 9.68. The smallest absolute Gasteiger partial charge is 0.183 e. The number of fused-ring (bicyclic) bond motifs is 2. The average molecular weight is 502 g/mol. The number of hydrogen-bond acceptors (Lipinski definition) is 3. The highest BCUT2D eigenvalue weighted by molar-refractivity contribution is 6.05. The summed E-state index contributed by atoms with van der Waals surface area (Å²) in [6.07, 6.45) is 7.36. The van der Waals surface area contributed by atoms with Crippen LogP contribution < -0.4 is 0 Å². The number of ether oxygens (including phenoxy) is 1. The Bertz CT molecular complexity index is 1210. The molecule has 36 heavy (non-hydrogen) atoms. The van der Waals surface area contributed by atoms with E-state index in [9.17, 15) is 4.79 Å². The second-order valence-corrected chi connectivity index (χ2v) is 10.7. The number of ketones is 1. The van der Waals surface area contributed by atoms with Crippen molar-refractivity contribution in [2.24, 2.45) is 0 Å². The number of halogens is 1. The van der Waals surface area contributed by atoms with E-state index >= 15 is 0 Å². The maximum Gasteiger partial charge on any atom is 0.183 e. The molecule has 0 radical (unpaired) electrons. The third-order valence-corrected chi connectivity index (χ3v) is 8.86. The number of nitrogens with zero attached hydrogens (tertiary/aromatic N) is 1. The first-order valence-corrected chi connectivity index (χ1v) is 13.3. The van der Waals surface area contributed by atoms with Gasteiger partial charge in [-0.15, -0.1) is 12.4 Å². The number of aryl methyl sites for hydroxylation is 1. The highest BCUT2D eigenvalue weighted by Gasteiger charge is 2.48. The van der Waals surface area contributed by atoms with Crippen LogP contribution in [0.1, 0.15) is 71.1 Å². The van der Waals surface area contributed by atoms with Gasteiger partial charge in [-0.05, 0) is 80.3 Å².